The van der Waals surface area contributed by atoms with Crippen molar-refractivity contribution < 1.29 is 9.59 Å². The lowest BCUT2D eigenvalue weighted by Crippen LogP contribution is -2.54. The monoisotopic (exact) mass is 422 g/mol. The Kier molecular flexibility index (Phi) is 5.68. The van der Waals surface area contributed by atoms with Gasteiger partial charge in [-0.05, 0) is 30.9 Å². The maximum Gasteiger partial charge on any atom is 0.276 e. The Morgan fingerprint density at radius 2 is 1.87 bits per heavy atom. The maximum absolute atomic E-state index is 13.4. The zero-order valence-corrected chi connectivity index (χ0v) is 17.5. The molecule has 0 saturated heterocycles. The highest BCUT2D eigenvalue weighted by atomic mass is 35.5. The van der Waals surface area contributed by atoms with Gasteiger partial charge in [-0.2, -0.15) is 0 Å². The van der Waals surface area contributed by atoms with Crippen molar-refractivity contribution in [2.45, 2.75) is 37.8 Å². The molecule has 1 heterocycles. The highest BCUT2D eigenvalue weighted by molar-refractivity contribution is 6.31. The molecular formula is C23H23ClN4O2. The first-order chi connectivity index (χ1) is 14.5. The smallest absolute Gasteiger partial charge is 0.276 e. The number of benzene rings is 2. The van der Waals surface area contributed by atoms with E-state index in [1.54, 1.807) is 24.0 Å². The van der Waals surface area contributed by atoms with Crippen LogP contribution in [0.15, 0.2) is 60.8 Å². The van der Waals surface area contributed by atoms with Crippen molar-refractivity contribution in [2.75, 3.05) is 7.05 Å². The highest BCUT2D eigenvalue weighted by Gasteiger charge is 2.48. The molecular weight excluding hydrogens is 400 g/mol. The Hall–Kier alpha value is -2.99. The number of aromatic nitrogens is 3. The molecule has 4 rings (SSSR count). The van der Waals surface area contributed by atoms with Crippen molar-refractivity contribution in [1.82, 2.24) is 19.9 Å². The van der Waals surface area contributed by atoms with E-state index in [9.17, 15) is 9.59 Å². The predicted molar refractivity (Wildman–Crippen MR) is 114 cm³/mol. The molecule has 3 aromatic rings. The third-order valence-electron chi connectivity index (χ3n) is 5.80. The van der Waals surface area contributed by atoms with Crippen molar-refractivity contribution in [1.29, 1.82) is 0 Å². The maximum atomic E-state index is 13.4. The standard InChI is InChI=1S/C23H23ClN4O2/c1-27(22(30)20-16-28(26-25-20)15-17-9-3-2-4-10-17)23(14-8-7-13-21(23)29)18-11-5-6-12-19(18)24/h2-6,9-12,16H,7-8,13-15H2,1H3. The van der Waals surface area contributed by atoms with Crippen LogP contribution in [0.25, 0.3) is 0 Å². The molecule has 1 unspecified atom stereocenters. The van der Waals surface area contributed by atoms with Gasteiger partial charge < -0.3 is 4.90 Å². The minimum atomic E-state index is -1.09. The molecule has 154 valence electrons. The molecule has 1 atom stereocenters. The van der Waals surface area contributed by atoms with E-state index in [0.717, 1.165) is 18.4 Å². The zero-order valence-electron chi connectivity index (χ0n) is 16.8. The van der Waals surface area contributed by atoms with E-state index in [1.807, 2.05) is 48.5 Å². The fraction of sp³-hybridized carbons (Fsp3) is 0.304. The number of hydrogen-bond donors (Lipinski definition) is 0. The van der Waals surface area contributed by atoms with Gasteiger partial charge in [-0.3, -0.25) is 9.59 Å². The number of nitrogens with zero attached hydrogens (tertiary/aromatic N) is 4. The van der Waals surface area contributed by atoms with Crippen LogP contribution in [0, 0.1) is 0 Å². The summed E-state index contributed by atoms with van der Waals surface area (Å²) < 4.78 is 1.63. The molecule has 0 bridgehead atoms. The van der Waals surface area contributed by atoms with Crippen LogP contribution in [0.5, 0.6) is 0 Å². The van der Waals surface area contributed by atoms with Gasteiger partial charge >= 0.3 is 0 Å². The van der Waals surface area contributed by atoms with Crippen LogP contribution in [0.1, 0.15) is 47.3 Å². The second kappa shape index (κ2) is 8.40. The molecule has 1 saturated carbocycles. The molecule has 0 radical (unpaired) electrons. The van der Waals surface area contributed by atoms with E-state index in [1.165, 1.54) is 4.90 Å². The second-order valence-corrected chi connectivity index (χ2v) is 8.03. The number of hydrogen-bond acceptors (Lipinski definition) is 4. The molecule has 2 aromatic carbocycles. The third kappa shape index (κ3) is 3.63. The van der Waals surface area contributed by atoms with E-state index in [2.05, 4.69) is 10.3 Å². The third-order valence-corrected chi connectivity index (χ3v) is 6.13. The van der Waals surface area contributed by atoms with Gasteiger partial charge in [-0.1, -0.05) is 65.3 Å². The lowest BCUT2D eigenvalue weighted by atomic mass is 9.74. The van der Waals surface area contributed by atoms with E-state index in [-0.39, 0.29) is 17.4 Å². The summed E-state index contributed by atoms with van der Waals surface area (Å²) in [4.78, 5) is 28.1. The summed E-state index contributed by atoms with van der Waals surface area (Å²) in [5.74, 6) is -0.334. The van der Waals surface area contributed by atoms with Crippen molar-refractivity contribution in [3.63, 3.8) is 0 Å². The van der Waals surface area contributed by atoms with Gasteiger partial charge in [0.1, 0.15) is 5.54 Å². The Balaban J connectivity index is 1.66. The number of Topliss-reactive ketones (excluding diaryl/α,β-unsaturated/α-hetero) is 1. The lowest BCUT2D eigenvalue weighted by molar-refractivity contribution is -0.132. The first-order valence-electron chi connectivity index (χ1n) is 10.0. The molecule has 30 heavy (non-hydrogen) atoms. The summed E-state index contributed by atoms with van der Waals surface area (Å²) in [7, 11) is 1.66. The molecule has 1 fully saturated rings. The fourth-order valence-corrected chi connectivity index (χ4v) is 4.51. The first-order valence-corrected chi connectivity index (χ1v) is 10.4. The van der Waals surface area contributed by atoms with Gasteiger partial charge in [0.25, 0.3) is 5.91 Å². The number of amides is 1. The quantitative estimate of drug-likeness (QED) is 0.621. The van der Waals surface area contributed by atoms with Gasteiger partial charge in [-0.25, -0.2) is 4.68 Å². The highest BCUT2D eigenvalue weighted by Crippen LogP contribution is 2.42. The Morgan fingerprint density at radius 1 is 1.13 bits per heavy atom. The molecule has 1 aromatic heterocycles. The number of carbonyl (C=O) groups is 2. The second-order valence-electron chi connectivity index (χ2n) is 7.62. The van der Waals surface area contributed by atoms with Crippen molar-refractivity contribution in [2.24, 2.45) is 0 Å². The van der Waals surface area contributed by atoms with E-state index in [4.69, 9.17) is 11.6 Å². The van der Waals surface area contributed by atoms with Crippen LogP contribution < -0.4 is 0 Å². The molecule has 1 aliphatic rings. The van der Waals surface area contributed by atoms with Crippen LogP contribution in [0.2, 0.25) is 5.02 Å². The number of rotatable bonds is 5. The van der Waals surface area contributed by atoms with Gasteiger partial charge in [-0.15, -0.1) is 5.10 Å². The Morgan fingerprint density at radius 3 is 2.60 bits per heavy atom. The average Bonchev–Trinajstić information content (AvgIpc) is 3.23. The normalized spacial score (nSPS) is 18.9. The topological polar surface area (TPSA) is 68.1 Å². The molecule has 0 aliphatic heterocycles. The summed E-state index contributed by atoms with van der Waals surface area (Å²) in [5, 5.41) is 8.66. The number of likely N-dealkylation sites (N-methyl/N-ethyl adjacent to an activating group) is 1. The summed E-state index contributed by atoms with van der Waals surface area (Å²) in [5.41, 5.74) is 0.851. The Bertz CT molecular complexity index is 1070. The average molecular weight is 423 g/mol. The van der Waals surface area contributed by atoms with Crippen LogP contribution in [-0.4, -0.2) is 38.6 Å². The molecule has 0 N–H and O–H groups in total. The molecule has 6 nitrogen and oxygen atoms in total. The van der Waals surface area contributed by atoms with Crippen LogP contribution in [-0.2, 0) is 16.9 Å². The van der Waals surface area contributed by atoms with Crippen LogP contribution in [0.4, 0.5) is 0 Å². The summed E-state index contributed by atoms with van der Waals surface area (Å²) in [6.45, 7) is 0.513. The van der Waals surface area contributed by atoms with E-state index < -0.39 is 5.54 Å². The van der Waals surface area contributed by atoms with E-state index >= 15 is 0 Å². The fourth-order valence-electron chi connectivity index (χ4n) is 4.22. The van der Waals surface area contributed by atoms with Crippen molar-refractivity contribution in [3.05, 3.63) is 82.6 Å². The zero-order chi connectivity index (χ0) is 21.1. The largest absolute Gasteiger partial charge is 0.323 e. The first kappa shape index (κ1) is 20.3. The van der Waals surface area contributed by atoms with Gasteiger partial charge in [0.05, 0.1) is 12.7 Å². The molecule has 1 aliphatic carbocycles. The summed E-state index contributed by atoms with van der Waals surface area (Å²) in [6.07, 6.45) is 4.24. The van der Waals surface area contributed by atoms with E-state index in [0.29, 0.717) is 30.0 Å². The lowest BCUT2D eigenvalue weighted by Gasteiger charge is -2.43. The number of ketones is 1. The summed E-state index contributed by atoms with van der Waals surface area (Å²) >= 11 is 6.48. The molecule has 7 heteroatoms. The molecule has 1 amide bonds. The van der Waals surface area contributed by atoms with Crippen molar-refractivity contribution in [3.8, 4) is 0 Å². The minimum absolute atomic E-state index is 0.00868. The summed E-state index contributed by atoms with van der Waals surface area (Å²) in [6, 6.07) is 17.1. The SMILES string of the molecule is CN(C(=O)c1cn(Cc2ccccc2)nn1)C1(c2ccccc2Cl)CCCCC1=O. The van der Waals surface area contributed by atoms with Gasteiger partial charge in [0.2, 0.25) is 0 Å². The minimum Gasteiger partial charge on any atom is -0.323 e. The van der Waals surface area contributed by atoms with Gasteiger partial charge in [0, 0.05) is 24.1 Å². The van der Waals surface area contributed by atoms with Crippen LogP contribution >= 0.6 is 11.6 Å². The predicted octanol–water partition coefficient (Wildman–Crippen LogP) is 4.09. The Labute approximate surface area is 180 Å². The number of carbonyl (C=O) groups excluding carboxylic acids is 2. The molecule has 0 spiro atoms. The number of halogens is 1. The van der Waals surface area contributed by atoms with Gasteiger partial charge in [0.15, 0.2) is 11.5 Å². The van der Waals surface area contributed by atoms with Crippen LogP contribution in [0.3, 0.4) is 0 Å². The van der Waals surface area contributed by atoms with Crippen molar-refractivity contribution >= 4 is 23.3 Å².